The maximum Gasteiger partial charge on any atom is 0.258 e. The Hall–Kier alpha value is -3.48. The number of rotatable bonds is 7. The normalized spacial score (nSPS) is 25.9. The third-order valence-electron chi connectivity index (χ3n) is 8.99. The quantitative estimate of drug-likeness (QED) is 0.350. The standard InChI is InChI=1S/C32H33N3O3/c36-31-29-27-23-12-4-5-13-24(23)28(26-15-7-6-14-25(26)27)30(29)32(37)35(31)38-21-9-8-16-33-17-19-34(20-18-33)22-10-2-1-3-11-22/h1-7,10-15,27-30H,8-9,16-21H2. The second kappa shape index (κ2) is 9.68. The number of imide groups is 1. The number of carbonyl (C=O) groups excluding carboxylic acids is 2. The summed E-state index contributed by atoms with van der Waals surface area (Å²) in [5.41, 5.74) is 6.04. The van der Waals surface area contributed by atoms with Crippen LogP contribution in [0.1, 0.15) is 46.9 Å². The number of piperazine rings is 1. The van der Waals surface area contributed by atoms with Crippen LogP contribution in [0, 0.1) is 11.8 Å². The lowest BCUT2D eigenvalue weighted by Crippen LogP contribution is -2.46. The smallest absolute Gasteiger partial charge is 0.258 e. The van der Waals surface area contributed by atoms with E-state index in [9.17, 15) is 9.59 Å². The van der Waals surface area contributed by atoms with Gasteiger partial charge in [0, 0.05) is 43.7 Å². The second-order valence-electron chi connectivity index (χ2n) is 10.9. The molecule has 6 nitrogen and oxygen atoms in total. The topological polar surface area (TPSA) is 53.1 Å². The van der Waals surface area contributed by atoms with E-state index < -0.39 is 0 Å². The van der Waals surface area contributed by atoms with Crippen LogP contribution >= 0.6 is 0 Å². The average Bonchev–Trinajstić information content (AvgIpc) is 3.23. The third-order valence-corrected chi connectivity index (χ3v) is 8.99. The number of hydroxylamine groups is 2. The van der Waals surface area contributed by atoms with Gasteiger partial charge in [-0.05, 0) is 53.8 Å². The summed E-state index contributed by atoms with van der Waals surface area (Å²) < 4.78 is 0. The molecule has 0 N–H and O–H groups in total. The number of anilines is 1. The Balaban J connectivity index is 0.958. The van der Waals surface area contributed by atoms with Crippen molar-refractivity contribution in [3.05, 3.63) is 101 Å². The van der Waals surface area contributed by atoms with Crippen LogP contribution in [0.25, 0.3) is 0 Å². The van der Waals surface area contributed by atoms with Gasteiger partial charge in [0.05, 0.1) is 18.4 Å². The van der Waals surface area contributed by atoms with Gasteiger partial charge in [-0.15, -0.1) is 0 Å². The monoisotopic (exact) mass is 507 g/mol. The zero-order chi connectivity index (χ0) is 25.6. The summed E-state index contributed by atoms with van der Waals surface area (Å²) in [7, 11) is 0. The number of carbonyl (C=O) groups is 2. The van der Waals surface area contributed by atoms with Crippen LogP contribution in [-0.2, 0) is 14.4 Å². The van der Waals surface area contributed by atoms with E-state index in [2.05, 4.69) is 64.4 Å². The number of unbranched alkanes of at least 4 members (excludes halogenated alkanes) is 1. The molecule has 2 amide bonds. The summed E-state index contributed by atoms with van der Waals surface area (Å²) in [4.78, 5) is 38.0. The average molecular weight is 508 g/mol. The molecule has 5 aliphatic rings. The summed E-state index contributed by atoms with van der Waals surface area (Å²) in [6.07, 6.45) is 1.80. The molecular formula is C32H33N3O3. The molecule has 2 saturated heterocycles. The van der Waals surface area contributed by atoms with Crippen molar-refractivity contribution in [2.45, 2.75) is 24.7 Å². The van der Waals surface area contributed by atoms with Crippen LogP contribution in [0.2, 0.25) is 0 Å². The zero-order valence-electron chi connectivity index (χ0n) is 21.5. The Morgan fingerprint density at radius 2 is 1.13 bits per heavy atom. The van der Waals surface area contributed by atoms with Crippen LogP contribution in [0.3, 0.4) is 0 Å². The molecule has 0 spiro atoms. The Morgan fingerprint density at radius 1 is 0.632 bits per heavy atom. The lowest BCUT2D eigenvalue weighted by Gasteiger charge is -2.45. The lowest BCUT2D eigenvalue weighted by atomic mass is 9.55. The molecule has 194 valence electrons. The van der Waals surface area contributed by atoms with Gasteiger partial charge in [-0.25, -0.2) is 0 Å². The van der Waals surface area contributed by atoms with Crippen molar-refractivity contribution in [2.75, 3.05) is 44.2 Å². The Morgan fingerprint density at radius 3 is 1.66 bits per heavy atom. The van der Waals surface area contributed by atoms with Gasteiger partial charge in [0.1, 0.15) is 0 Å². The Kier molecular flexibility index (Phi) is 6.02. The predicted octanol–water partition coefficient (Wildman–Crippen LogP) is 4.41. The van der Waals surface area contributed by atoms with Crippen molar-refractivity contribution in [2.24, 2.45) is 11.8 Å². The molecular weight excluding hydrogens is 474 g/mol. The van der Waals surface area contributed by atoms with Crippen molar-refractivity contribution >= 4 is 17.5 Å². The molecule has 38 heavy (non-hydrogen) atoms. The highest BCUT2D eigenvalue weighted by atomic mass is 16.7. The fourth-order valence-corrected chi connectivity index (χ4v) is 7.24. The lowest BCUT2D eigenvalue weighted by molar-refractivity contribution is -0.189. The summed E-state index contributed by atoms with van der Waals surface area (Å²) in [6.45, 7) is 5.56. The van der Waals surface area contributed by atoms with E-state index in [0.29, 0.717) is 6.61 Å². The number of hydrogen-bond donors (Lipinski definition) is 0. The number of amides is 2. The van der Waals surface area contributed by atoms with Gasteiger partial charge in [-0.1, -0.05) is 66.7 Å². The van der Waals surface area contributed by atoms with E-state index in [1.54, 1.807) is 0 Å². The summed E-state index contributed by atoms with van der Waals surface area (Å²) in [5.74, 6) is -1.27. The van der Waals surface area contributed by atoms with E-state index in [0.717, 1.165) is 50.6 Å². The van der Waals surface area contributed by atoms with Gasteiger partial charge in [-0.2, -0.15) is 5.06 Å². The van der Waals surface area contributed by atoms with Gasteiger partial charge in [0.15, 0.2) is 0 Å². The largest absolute Gasteiger partial charge is 0.369 e. The maximum absolute atomic E-state index is 13.6. The van der Waals surface area contributed by atoms with Crippen molar-refractivity contribution in [3.63, 3.8) is 0 Å². The highest BCUT2D eigenvalue weighted by Crippen LogP contribution is 2.60. The molecule has 2 fully saturated rings. The minimum absolute atomic E-state index is 0.0861. The highest BCUT2D eigenvalue weighted by Gasteiger charge is 2.62. The van der Waals surface area contributed by atoms with Crippen LogP contribution in [0.15, 0.2) is 78.9 Å². The number of para-hydroxylation sites is 1. The third kappa shape index (κ3) is 3.77. The minimum Gasteiger partial charge on any atom is -0.369 e. The molecule has 3 aliphatic carbocycles. The number of hydrogen-bond acceptors (Lipinski definition) is 5. The first-order valence-corrected chi connectivity index (χ1v) is 13.9. The van der Waals surface area contributed by atoms with Gasteiger partial charge in [0.2, 0.25) is 0 Å². The van der Waals surface area contributed by atoms with Gasteiger partial charge in [0.25, 0.3) is 11.8 Å². The van der Waals surface area contributed by atoms with E-state index in [1.165, 1.54) is 27.9 Å². The number of benzene rings is 3. The molecule has 0 aromatic heterocycles. The molecule has 2 bridgehead atoms. The highest BCUT2D eigenvalue weighted by molar-refractivity contribution is 6.06. The molecule has 2 heterocycles. The summed E-state index contributed by atoms with van der Waals surface area (Å²) in [6, 6.07) is 27.2. The first kappa shape index (κ1) is 23.6. The Labute approximate surface area is 223 Å². The van der Waals surface area contributed by atoms with Crippen molar-refractivity contribution < 1.29 is 14.4 Å². The second-order valence-corrected chi connectivity index (χ2v) is 10.9. The molecule has 8 rings (SSSR count). The molecule has 2 unspecified atom stereocenters. The Bertz CT molecular complexity index is 1240. The van der Waals surface area contributed by atoms with Crippen molar-refractivity contribution in [1.29, 1.82) is 0 Å². The molecule has 6 heteroatoms. The fourth-order valence-electron chi connectivity index (χ4n) is 7.24. The van der Waals surface area contributed by atoms with E-state index in [1.807, 2.05) is 24.3 Å². The SMILES string of the molecule is O=C1C2C3c4ccccc4C(c4ccccc43)C2C(=O)N1OCCCCN1CCN(c2ccccc2)CC1. The molecule has 2 atom stereocenters. The molecule has 0 radical (unpaired) electrons. The first-order chi connectivity index (χ1) is 18.7. The molecule has 2 aliphatic heterocycles. The first-order valence-electron chi connectivity index (χ1n) is 13.9. The van der Waals surface area contributed by atoms with E-state index in [4.69, 9.17) is 4.84 Å². The van der Waals surface area contributed by atoms with Gasteiger partial charge in [-0.3, -0.25) is 19.3 Å². The maximum atomic E-state index is 13.6. The van der Waals surface area contributed by atoms with Gasteiger partial charge >= 0.3 is 0 Å². The van der Waals surface area contributed by atoms with Crippen molar-refractivity contribution in [1.82, 2.24) is 9.96 Å². The minimum atomic E-state index is -0.377. The molecule has 3 aromatic carbocycles. The molecule has 3 aromatic rings. The number of nitrogens with zero attached hydrogens (tertiary/aromatic N) is 3. The summed E-state index contributed by atoms with van der Waals surface area (Å²) in [5, 5.41) is 1.12. The van der Waals surface area contributed by atoms with Crippen LogP contribution in [0.5, 0.6) is 0 Å². The van der Waals surface area contributed by atoms with E-state index in [-0.39, 0.29) is 35.5 Å². The van der Waals surface area contributed by atoms with Crippen LogP contribution in [0.4, 0.5) is 5.69 Å². The zero-order valence-corrected chi connectivity index (χ0v) is 21.5. The van der Waals surface area contributed by atoms with Crippen LogP contribution < -0.4 is 4.90 Å². The summed E-state index contributed by atoms with van der Waals surface area (Å²) >= 11 is 0. The van der Waals surface area contributed by atoms with Gasteiger partial charge < -0.3 is 4.90 Å². The van der Waals surface area contributed by atoms with E-state index >= 15 is 0 Å². The molecule has 0 saturated carbocycles. The van der Waals surface area contributed by atoms with Crippen molar-refractivity contribution in [3.8, 4) is 0 Å². The van der Waals surface area contributed by atoms with Crippen LogP contribution in [-0.4, -0.2) is 61.1 Å². The fraction of sp³-hybridized carbons (Fsp3) is 0.375. The predicted molar refractivity (Wildman–Crippen MR) is 146 cm³/mol.